The van der Waals surface area contributed by atoms with Crippen LogP contribution >= 0.6 is 0 Å². The van der Waals surface area contributed by atoms with Crippen LogP contribution in [0.1, 0.15) is 48.4 Å². The van der Waals surface area contributed by atoms with Crippen molar-refractivity contribution in [2.24, 2.45) is 0 Å². The second kappa shape index (κ2) is 8.95. The normalized spacial score (nSPS) is 15.4. The van der Waals surface area contributed by atoms with Crippen molar-refractivity contribution in [3.8, 4) is 0 Å². The number of fused-ring (bicyclic) bond motifs is 1. The van der Waals surface area contributed by atoms with Crippen molar-refractivity contribution in [2.75, 3.05) is 0 Å². The predicted molar refractivity (Wildman–Crippen MR) is 121 cm³/mol. The maximum Gasteiger partial charge on any atom is 0.153 e. The van der Waals surface area contributed by atoms with Crippen LogP contribution in [0.2, 0.25) is 0 Å². The number of nitrogens with one attached hydrogen (secondary N) is 1. The van der Waals surface area contributed by atoms with E-state index in [2.05, 4.69) is 67.5 Å². The van der Waals surface area contributed by atoms with Crippen molar-refractivity contribution in [3.05, 3.63) is 96.2 Å². The molecule has 0 bridgehead atoms. The summed E-state index contributed by atoms with van der Waals surface area (Å²) in [6.07, 6.45) is 5.33. The smallest absolute Gasteiger partial charge is 0.153 e. The molecular formula is C25H30BN. The molecule has 1 unspecified atom stereocenters. The highest BCUT2D eigenvalue weighted by atomic mass is 14.9. The minimum Gasteiger partial charge on any atom is -0.394 e. The van der Waals surface area contributed by atoms with Gasteiger partial charge in [0.1, 0.15) is 0 Å². The zero-order chi connectivity index (χ0) is 19.2. The largest absolute Gasteiger partial charge is 0.394 e. The monoisotopic (exact) mass is 355 g/mol. The summed E-state index contributed by atoms with van der Waals surface area (Å²) >= 11 is 0. The third-order valence-corrected chi connectivity index (χ3v) is 5.45. The van der Waals surface area contributed by atoms with E-state index in [1.54, 1.807) is 0 Å². The van der Waals surface area contributed by atoms with Gasteiger partial charge >= 0.3 is 0 Å². The SMILES string of the molecule is C=C(C)NC1BCc2c(cccc2C(=C)CCCC(=C)c2ccccc2)C1. The summed E-state index contributed by atoms with van der Waals surface area (Å²) in [5.41, 5.74) is 9.12. The molecule has 0 fully saturated rings. The molecule has 2 aromatic rings. The topological polar surface area (TPSA) is 12.0 Å². The molecule has 0 saturated carbocycles. The lowest BCUT2D eigenvalue weighted by Gasteiger charge is -2.27. The molecule has 27 heavy (non-hydrogen) atoms. The number of hydrogen-bond acceptors (Lipinski definition) is 1. The molecule has 3 rings (SSSR count). The van der Waals surface area contributed by atoms with Crippen molar-refractivity contribution >= 4 is 18.4 Å². The molecular weight excluding hydrogens is 325 g/mol. The lowest BCUT2D eigenvalue weighted by Crippen LogP contribution is -2.39. The molecule has 0 radical (unpaired) electrons. The van der Waals surface area contributed by atoms with Crippen molar-refractivity contribution < 1.29 is 0 Å². The first-order valence-electron chi connectivity index (χ1n) is 9.98. The summed E-state index contributed by atoms with van der Waals surface area (Å²) in [4.78, 5) is 0. The van der Waals surface area contributed by atoms with E-state index < -0.39 is 0 Å². The molecule has 2 aromatic carbocycles. The first kappa shape index (κ1) is 19.3. The maximum atomic E-state index is 4.41. The van der Waals surface area contributed by atoms with Crippen LogP contribution in [0.25, 0.3) is 11.1 Å². The van der Waals surface area contributed by atoms with Gasteiger partial charge in [0, 0.05) is 5.94 Å². The average molecular weight is 355 g/mol. The van der Waals surface area contributed by atoms with E-state index in [1.165, 1.54) is 33.4 Å². The highest BCUT2D eigenvalue weighted by Gasteiger charge is 2.22. The third-order valence-electron chi connectivity index (χ3n) is 5.45. The zero-order valence-corrected chi connectivity index (χ0v) is 16.6. The Bertz CT molecular complexity index is 835. The molecule has 1 aliphatic heterocycles. The molecule has 0 aromatic heterocycles. The molecule has 0 amide bonds. The molecule has 1 aliphatic rings. The van der Waals surface area contributed by atoms with Gasteiger partial charge < -0.3 is 5.32 Å². The Labute approximate surface area is 165 Å². The van der Waals surface area contributed by atoms with Crippen molar-refractivity contribution in [1.29, 1.82) is 0 Å². The molecule has 0 spiro atoms. The Hall–Kier alpha value is -2.48. The van der Waals surface area contributed by atoms with E-state index in [1.807, 2.05) is 13.0 Å². The van der Waals surface area contributed by atoms with Crippen molar-refractivity contribution in [3.63, 3.8) is 0 Å². The summed E-state index contributed by atoms with van der Waals surface area (Å²) in [5.74, 6) is 0.507. The van der Waals surface area contributed by atoms with Crippen LogP contribution in [0.3, 0.4) is 0 Å². The standard InChI is InChI=1S/C25H30BN/c1-18(2)27-25-16-22-14-9-15-23(24(22)17-26-25)20(4)11-8-10-19(3)21-12-6-5-7-13-21/h5-7,9,12-15,25-27H,1,3-4,8,10-11,16-17H2,2H3. The lowest BCUT2D eigenvalue weighted by atomic mass is 9.57. The second-order valence-electron chi connectivity index (χ2n) is 7.73. The second-order valence-corrected chi connectivity index (χ2v) is 7.73. The van der Waals surface area contributed by atoms with Gasteiger partial charge in [-0.15, -0.1) is 0 Å². The fraction of sp³-hybridized carbons (Fsp3) is 0.280. The molecule has 0 saturated heterocycles. The highest BCUT2D eigenvalue weighted by Crippen LogP contribution is 2.30. The lowest BCUT2D eigenvalue weighted by molar-refractivity contribution is 0.700. The first-order valence-corrected chi connectivity index (χ1v) is 9.98. The van der Waals surface area contributed by atoms with Gasteiger partial charge in [-0.2, -0.15) is 0 Å². The fourth-order valence-electron chi connectivity index (χ4n) is 4.08. The molecule has 1 N–H and O–H groups in total. The van der Waals surface area contributed by atoms with Gasteiger partial charge in [-0.1, -0.05) is 68.3 Å². The number of rotatable bonds is 8. The van der Waals surface area contributed by atoms with Gasteiger partial charge in [-0.25, -0.2) is 0 Å². The van der Waals surface area contributed by atoms with E-state index in [0.717, 1.165) is 45.0 Å². The zero-order valence-electron chi connectivity index (χ0n) is 16.6. The summed E-state index contributed by atoms with van der Waals surface area (Å²) in [6, 6.07) is 17.2. The van der Waals surface area contributed by atoms with Crippen LogP contribution in [0.4, 0.5) is 0 Å². The van der Waals surface area contributed by atoms with Crippen LogP contribution in [-0.4, -0.2) is 13.2 Å². The fourth-order valence-corrected chi connectivity index (χ4v) is 4.08. The van der Waals surface area contributed by atoms with Crippen LogP contribution in [0.15, 0.2) is 74.0 Å². The molecule has 2 heteroatoms. The van der Waals surface area contributed by atoms with Crippen LogP contribution < -0.4 is 5.32 Å². The van der Waals surface area contributed by atoms with E-state index >= 15 is 0 Å². The molecule has 1 heterocycles. The molecule has 1 nitrogen and oxygen atoms in total. The van der Waals surface area contributed by atoms with E-state index in [9.17, 15) is 0 Å². The highest BCUT2D eigenvalue weighted by molar-refractivity contribution is 6.38. The molecule has 0 aliphatic carbocycles. The van der Waals surface area contributed by atoms with Crippen LogP contribution in [0.5, 0.6) is 0 Å². The van der Waals surface area contributed by atoms with Gasteiger partial charge in [0.2, 0.25) is 0 Å². The van der Waals surface area contributed by atoms with Gasteiger partial charge in [-0.3, -0.25) is 0 Å². The number of benzene rings is 2. The first-order chi connectivity index (χ1) is 13.0. The van der Waals surface area contributed by atoms with E-state index in [0.29, 0.717) is 5.94 Å². The molecule has 1 atom stereocenters. The van der Waals surface area contributed by atoms with E-state index in [4.69, 9.17) is 0 Å². The van der Waals surface area contributed by atoms with Crippen molar-refractivity contribution in [1.82, 2.24) is 5.32 Å². The Morgan fingerprint density at radius 2 is 1.74 bits per heavy atom. The Morgan fingerprint density at radius 3 is 2.48 bits per heavy atom. The van der Waals surface area contributed by atoms with Crippen LogP contribution in [0, 0.1) is 0 Å². The minimum atomic E-state index is 0.507. The summed E-state index contributed by atoms with van der Waals surface area (Å²) in [5, 5.41) is 3.51. The Balaban J connectivity index is 1.59. The van der Waals surface area contributed by atoms with E-state index in [-0.39, 0.29) is 0 Å². The van der Waals surface area contributed by atoms with Crippen LogP contribution in [-0.2, 0) is 12.7 Å². The number of allylic oxidation sites excluding steroid dienone is 3. The van der Waals surface area contributed by atoms with Gasteiger partial charge in [0.25, 0.3) is 0 Å². The summed E-state index contributed by atoms with van der Waals surface area (Å²) in [6.45, 7) is 14.7. The molecule has 138 valence electrons. The van der Waals surface area contributed by atoms with Crippen molar-refractivity contribution in [2.45, 2.75) is 44.9 Å². The van der Waals surface area contributed by atoms with Gasteiger partial charge in [0.05, 0.1) is 0 Å². The predicted octanol–water partition coefficient (Wildman–Crippen LogP) is 5.53. The maximum absolute atomic E-state index is 4.41. The number of hydrogen-bond donors (Lipinski definition) is 1. The summed E-state index contributed by atoms with van der Waals surface area (Å²) < 4.78 is 0. The quantitative estimate of drug-likeness (QED) is 0.615. The van der Waals surface area contributed by atoms with Gasteiger partial charge in [-0.05, 0) is 78.0 Å². The van der Waals surface area contributed by atoms with Gasteiger partial charge in [0.15, 0.2) is 7.28 Å². The Kier molecular flexibility index (Phi) is 6.39. The third kappa shape index (κ3) is 5.04. The Morgan fingerprint density at radius 1 is 1.00 bits per heavy atom. The minimum absolute atomic E-state index is 0.507. The summed E-state index contributed by atoms with van der Waals surface area (Å²) in [7, 11) is 1.16. The average Bonchev–Trinajstić information content (AvgIpc) is 2.67.